The second-order valence-electron chi connectivity index (χ2n) is 4.66. The van der Waals surface area contributed by atoms with Gasteiger partial charge in [-0.3, -0.25) is 4.79 Å². The third-order valence-corrected chi connectivity index (χ3v) is 3.51. The lowest BCUT2D eigenvalue weighted by Crippen LogP contribution is -2.28. The number of carboxylic acid groups (broad SMARTS) is 1. The molecular weight excluding hydrogens is 238 g/mol. The van der Waals surface area contributed by atoms with Gasteiger partial charge in [0.15, 0.2) is 0 Å². The van der Waals surface area contributed by atoms with E-state index in [-0.39, 0.29) is 6.42 Å². The van der Waals surface area contributed by atoms with Crippen molar-refractivity contribution in [2.45, 2.75) is 45.1 Å². The molecule has 0 aromatic carbocycles. The number of hydrogen-bond donors (Lipinski definition) is 1. The summed E-state index contributed by atoms with van der Waals surface area (Å²) in [5.41, 5.74) is 0. The number of hydrogen-bond acceptors (Lipinski definition) is 5. The van der Waals surface area contributed by atoms with Gasteiger partial charge in [0.05, 0.1) is 6.42 Å². The zero-order valence-corrected chi connectivity index (χ0v) is 10.9. The van der Waals surface area contributed by atoms with Crippen LogP contribution in [0, 0.1) is 0 Å². The van der Waals surface area contributed by atoms with Gasteiger partial charge in [0, 0.05) is 30.0 Å². The predicted molar refractivity (Wildman–Crippen MR) is 66.6 cm³/mol. The second-order valence-corrected chi connectivity index (χ2v) is 5.39. The fraction of sp³-hybridized carbons (Fsp3) is 0.727. The fourth-order valence-electron chi connectivity index (χ4n) is 1.61. The molecule has 0 spiro atoms. The molecule has 0 unspecified atom stereocenters. The average molecular weight is 255 g/mol. The smallest absolute Gasteiger partial charge is 0.305 e. The van der Waals surface area contributed by atoms with E-state index in [1.807, 2.05) is 0 Å². The summed E-state index contributed by atoms with van der Waals surface area (Å²) in [6, 6.07) is 0.474. The Balaban J connectivity index is 2.06. The van der Waals surface area contributed by atoms with Crippen molar-refractivity contribution >= 4 is 22.6 Å². The Morgan fingerprint density at radius 1 is 1.59 bits per heavy atom. The fourth-order valence-corrected chi connectivity index (χ4v) is 2.52. The molecule has 1 aliphatic carbocycles. The van der Waals surface area contributed by atoms with E-state index in [4.69, 9.17) is 5.11 Å². The Bertz CT molecular complexity index is 401. The van der Waals surface area contributed by atoms with Crippen LogP contribution in [0.2, 0.25) is 0 Å². The summed E-state index contributed by atoms with van der Waals surface area (Å²) in [5, 5.41) is 9.62. The maximum absolute atomic E-state index is 10.6. The summed E-state index contributed by atoms with van der Waals surface area (Å²) in [4.78, 5) is 17.2. The molecule has 6 heteroatoms. The van der Waals surface area contributed by atoms with Crippen molar-refractivity contribution in [3.8, 4) is 0 Å². The van der Waals surface area contributed by atoms with Crippen LogP contribution in [0.3, 0.4) is 0 Å². The van der Waals surface area contributed by atoms with Crippen molar-refractivity contribution < 1.29 is 9.90 Å². The van der Waals surface area contributed by atoms with E-state index in [0.29, 0.717) is 18.5 Å². The zero-order chi connectivity index (χ0) is 12.4. The van der Waals surface area contributed by atoms with Crippen molar-refractivity contribution in [1.29, 1.82) is 0 Å². The minimum atomic E-state index is -0.760. The van der Waals surface area contributed by atoms with Gasteiger partial charge in [0.1, 0.15) is 5.82 Å². The van der Waals surface area contributed by atoms with E-state index >= 15 is 0 Å². The highest BCUT2D eigenvalue weighted by Crippen LogP contribution is 2.33. The molecule has 1 saturated carbocycles. The highest BCUT2D eigenvalue weighted by Gasteiger charge is 2.31. The summed E-state index contributed by atoms with van der Waals surface area (Å²) < 4.78 is 4.32. The highest BCUT2D eigenvalue weighted by molar-refractivity contribution is 7.09. The summed E-state index contributed by atoms with van der Waals surface area (Å²) >= 11 is 1.38. The maximum Gasteiger partial charge on any atom is 0.305 e. The first-order chi connectivity index (χ1) is 8.08. The van der Waals surface area contributed by atoms with Gasteiger partial charge in [-0.25, -0.2) is 4.98 Å². The lowest BCUT2D eigenvalue weighted by Gasteiger charge is -2.19. The summed E-state index contributed by atoms with van der Waals surface area (Å²) in [6.45, 7) is 4.65. The molecule has 1 N–H and O–H groups in total. The molecule has 1 aliphatic rings. The van der Waals surface area contributed by atoms with Gasteiger partial charge < -0.3 is 10.0 Å². The second kappa shape index (κ2) is 5.00. The Kier molecular flexibility index (Phi) is 3.61. The van der Waals surface area contributed by atoms with Crippen LogP contribution in [0.4, 0.5) is 5.13 Å². The van der Waals surface area contributed by atoms with Crippen LogP contribution in [0.15, 0.2) is 0 Å². The highest BCUT2D eigenvalue weighted by atomic mass is 32.1. The van der Waals surface area contributed by atoms with Crippen LogP contribution < -0.4 is 4.90 Å². The molecule has 1 heterocycles. The average Bonchev–Trinajstić information content (AvgIpc) is 2.95. The Morgan fingerprint density at radius 2 is 2.29 bits per heavy atom. The Hall–Kier alpha value is -1.17. The van der Waals surface area contributed by atoms with Crippen LogP contribution in [-0.2, 0) is 4.79 Å². The van der Waals surface area contributed by atoms with Crippen LogP contribution in [-0.4, -0.2) is 33.0 Å². The van der Waals surface area contributed by atoms with Gasteiger partial charge in [-0.15, -0.1) is 0 Å². The first-order valence-electron chi connectivity index (χ1n) is 5.90. The topological polar surface area (TPSA) is 66.3 Å². The molecule has 94 valence electrons. The molecular formula is C11H17N3O2S. The standard InChI is InChI=1S/C11H17N3O2S/c1-7(2)10-12-11(17-13-10)14(8-3-4-8)6-5-9(15)16/h7-8H,3-6H2,1-2H3,(H,15,16). The van der Waals surface area contributed by atoms with Gasteiger partial charge in [-0.2, -0.15) is 4.37 Å². The molecule has 0 bridgehead atoms. The van der Waals surface area contributed by atoms with Crippen LogP contribution in [0.25, 0.3) is 0 Å². The molecule has 1 aromatic heterocycles. The lowest BCUT2D eigenvalue weighted by molar-refractivity contribution is -0.136. The van der Waals surface area contributed by atoms with Gasteiger partial charge in [0.25, 0.3) is 0 Å². The number of carbonyl (C=O) groups is 1. The monoisotopic (exact) mass is 255 g/mol. The summed E-state index contributed by atoms with van der Waals surface area (Å²) in [5.74, 6) is 0.413. The molecule has 1 fully saturated rings. The number of rotatable bonds is 6. The summed E-state index contributed by atoms with van der Waals surface area (Å²) in [6.07, 6.45) is 2.43. The van der Waals surface area contributed by atoms with E-state index in [1.54, 1.807) is 0 Å². The molecule has 17 heavy (non-hydrogen) atoms. The number of aromatic nitrogens is 2. The normalized spacial score (nSPS) is 15.2. The quantitative estimate of drug-likeness (QED) is 0.843. The van der Waals surface area contributed by atoms with Gasteiger partial charge in [0.2, 0.25) is 5.13 Å². The first kappa shape index (κ1) is 12.3. The van der Waals surface area contributed by atoms with Crippen molar-refractivity contribution in [2.75, 3.05) is 11.4 Å². The molecule has 0 radical (unpaired) electrons. The van der Waals surface area contributed by atoms with Gasteiger partial charge in [-0.05, 0) is 12.8 Å². The molecule has 5 nitrogen and oxygen atoms in total. The van der Waals surface area contributed by atoms with Crippen molar-refractivity contribution in [1.82, 2.24) is 9.36 Å². The van der Waals surface area contributed by atoms with Crippen LogP contribution >= 0.6 is 11.5 Å². The van der Waals surface area contributed by atoms with E-state index in [1.165, 1.54) is 11.5 Å². The molecule has 2 rings (SSSR count). The van der Waals surface area contributed by atoms with Crippen molar-refractivity contribution in [3.05, 3.63) is 5.82 Å². The third-order valence-electron chi connectivity index (χ3n) is 2.75. The molecule has 0 atom stereocenters. The number of anilines is 1. The van der Waals surface area contributed by atoms with Gasteiger partial charge in [-0.1, -0.05) is 13.8 Å². The number of aliphatic carboxylic acids is 1. The Morgan fingerprint density at radius 3 is 2.76 bits per heavy atom. The van der Waals surface area contributed by atoms with E-state index < -0.39 is 5.97 Å². The van der Waals surface area contributed by atoms with E-state index in [0.717, 1.165) is 23.8 Å². The van der Waals surface area contributed by atoms with Gasteiger partial charge >= 0.3 is 5.97 Å². The third kappa shape index (κ3) is 3.15. The minimum Gasteiger partial charge on any atom is -0.481 e. The lowest BCUT2D eigenvalue weighted by atomic mass is 10.2. The van der Waals surface area contributed by atoms with E-state index in [9.17, 15) is 4.79 Å². The predicted octanol–water partition coefficient (Wildman–Crippen LogP) is 2.11. The number of nitrogens with zero attached hydrogens (tertiary/aromatic N) is 3. The minimum absolute atomic E-state index is 0.160. The molecule has 1 aromatic rings. The molecule has 0 aliphatic heterocycles. The van der Waals surface area contributed by atoms with Crippen molar-refractivity contribution in [2.24, 2.45) is 0 Å². The van der Waals surface area contributed by atoms with Crippen LogP contribution in [0.1, 0.15) is 44.9 Å². The van der Waals surface area contributed by atoms with Crippen molar-refractivity contribution in [3.63, 3.8) is 0 Å². The number of carboxylic acids is 1. The largest absolute Gasteiger partial charge is 0.481 e. The maximum atomic E-state index is 10.6. The molecule has 0 amide bonds. The summed E-state index contributed by atoms with van der Waals surface area (Å²) in [7, 11) is 0. The zero-order valence-electron chi connectivity index (χ0n) is 10.1. The molecule has 0 saturated heterocycles. The van der Waals surface area contributed by atoms with Crippen LogP contribution in [0.5, 0.6) is 0 Å². The first-order valence-corrected chi connectivity index (χ1v) is 6.67. The SMILES string of the molecule is CC(C)c1nsc(N(CCC(=O)O)C2CC2)n1. The van der Waals surface area contributed by atoms with E-state index in [2.05, 4.69) is 28.1 Å². The Labute approximate surface area is 105 Å².